The van der Waals surface area contributed by atoms with E-state index < -0.39 is 0 Å². The molecule has 3 aromatic rings. The van der Waals surface area contributed by atoms with Gasteiger partial charge in [0.1, 0.15) is 0 Å². The summed E-state index contributed by atoms with van der Waals surface area (Å²) in [6.45, 7) is 2.96. The summed E-state index contributed by atoms with van der Waals surface area (Å²) < 4.78 is 11.9. The number of ether oxygens (including phenoxy) is 2. The quantitative estimate of drug-likeness (QED) is 0.633. The summed E-state index contributed by atoms with van der Waals surface area (Å²) >= 11 is 0. The molecule has 0 spiro atoms. The standard InChI is InChI=1S/C25H31N3O2/c1-29-24-11-10-20(15-25(24)30-21-6-2-3-7-21)28-13-12-26-19(17-28)14-18-16-27-23-9-5-4-8-22(18)23/h4-5,8-11,15-16,19,21,26-27H,2-3,6-7,12-14,17H2,1H3. The average Bonchev–Trinajstić information content (AvgIpc) is 3.44. The largest absolute Gasteiger partial charge is 0.493 e. The zero-order valence-corrected chi connectivity index (χ0v) is 17.7. The highest BCUT2D eigenvalue weighted by atomic mass is 16.5. The van der Waals surface area contributed by atoms with Crippen molar-refractivity contribution >= 4 is 16.6 Å². The molecule has 1 aliphatic carbocycles. The van der Waals surface area contributed by atoms with Crippen LogP contribution < -0.4 is 19.7 Å². The molecule has 1 aromatic heterocycles. The molecule has 1 aliphatic heterocycles. The van der Waals surface area contributed by atoms with Gasteiger partial charge in [-0.2, -0.15) is 0 Å². The second-order valence-corrected chi connectivity index (χ2v) is 8.52. The predicted molar refractivity (Wildman–Crippen MR) is 122 cm³/mol. The Morgan fingerprint density at radius 3 is 2.80 bits per heavy atom. The molecule has 30 heavy (non-hydrogen) atoms. The minimum Gasteiger partial charge on any atom is -0.493 e. The monoisotopic (exact) mass is 405 g/mol. The Kier molecular flexibility index (Phi) is 5.54. The molecule has 1 atom stereocenters. The summed E-state index contributed by atoms with van der Waals surface area (Å²) in [6.07, 6.45) is 8.32. The lowest BCUT2D eigenvalue weighted by atomic mass is 10.0. The van der Waals surface area contributed by atoms with Gasteiger partial charge in [-0.05, 0) is 55.9 Å². The van der Waals surface area contributed by atoms with Gasteiger partial charge in [-0.3, -0.25) is 0 Å². The Morgan fingerprint density at radius 1 is 1.07 bits per heavy atom. The minimum atomic E-state index is 0.326. The summed E-state index contributed by atoms with van der Waals surface area (Å²) in [5, 5.41) is 5.03. The smallest absolute Gasteiger partial charge is 0.163 e. The molecule has 2 aromatic carbocycles. The van der Waals surface area contributed by atoms with Gasteiger partial charge >= 0.3 is 0 Å². The van der Waals surface area contributed by atoms with Gasteiger partial charge in [-0.25, -0.2) is 0 Å². The van der Waals surface area contributed by atoms with E-state index in [0.29, 0.717) is 12.1 Å². The normalized spacial score (nSPS) is 20.0. The number of aromatic nitrogens is 1. The van der Waals surface area contributed by atoms with Crippen molar-refractivity contribution in [3.63, 3.8) is 0 Å². The third-order valence-corrected chi connectivity index (χ3v) is 6.50. The zero-order valence-electron chi connectivity index (χ0n) is 17.7. The van der Waals surface area contributed by atoms with Crippen molar-refractivity contribution in [2.45, 2.75) is 44.2 Å². The van der Waals surface area contributed by atoms with Crippen LogP contribution in [0.2, 0.25) is 0 Å². The molecule has 1 saturated carbocycles. The Labute approximate surface area is 178 Å². The van der Waals surface area contributed by atoms with Crippen LogP contribution in [0.3, 0.4) is 0 Å². The highest BCUT2D eigenvalue weighted by molar-refractivity contribution is 5.83. The Morgan fingerprint density at radius 2 is 1.93 bits per heavy atom. The van der Waals surface area contributed by atoms with Crippen molar-refractivity contribution in [1.82, 2.24) is 10.3 Å². The lowest BCUT2D eigenvalue weighted by Gasteiger charge is -2.35. The van der Waals surface area contributed by atoms with Gasteiger partial charge in [-0.1, -0.05) is 18.2 Å². The molecule has 0 bridgehead atoms. The zero-order chi connectivity index (χ0) is 20.3. The third-order valence-electron chi connectivity index (χ3n) is 6.50. The van der Waals surface area contributed by atoms with E-state index in [1.54, 1.807) is 7.11 Å². The summed E-state index contributed by atoms with van der Waals surface area (Å²) in [4.78, 5) is 5.87. The minimum absolute atomic E-state index is 0.326. The summed E-state index contributed by atoms with van der Waals surface area (Å²) in [5.74, 6) is 1.71. The predicted octanol–water partition coefficient (Wildman–Crippen LogP) is 4.52. The van der Waals surface area contributed by atoms with E-state index in [0.717, 1.165) is 50.4 Å². The number of aromatic amines is 1. The topological polar surface area (TPSA) is 49.5 Å². The maximum absolute atomic E-state index is 6.32. The molecule has 158 valence electrons. The maximum Gasteiger partial charge on any atom is 0.163 e. The average molecular weight is 406 g/mol. The SMILES string of the molecule is COc1ccc(N2CCNC(Cc3c[nH]c4ccccc34)C2)cc1OC1CCCC1. The number of nitrogens with one attached hydrogen (secondary N) is 2. The van der Waals surface area contributed by atoms with E-state index in [1.165, 1.54) is 35.0 Å². The van der Waals surface area contributed by atoms with Gasteiger partial charge in [-0.15, -0.1) is 0 Å². The second kappa shape index (κ2) is 8.60. The molecule has 2 fully saturated rings. The Bertz CT molecular complexity index is 993. The first kappa shape index (κ1) is 19.3. The fraction of sp³-hybridized carbons (Fsp3) is 0.440. The first-order valence-electron chi connectivity index (χ1n) is 11.2. The summed E-state index contributed by atoms with van der Waals surface area (Å²) in [6, 6.07) is 15.3. The van der Waals surface area contributed by atoms with Crippen LogP contribution in [0.25, 0.3) is 10.9 Å². The van der Waals surface area contributed by atoms with Crippen LogP contribution >= 0.6 is 0 Å². The van der Waals surface area contributed by atoms with Crippen molar-refractivity contribution in [3.05, 3.63) is 54.2 Å². The van der Waals surface area contributed by atoms with Crippen LogP contribution in [0.15, 0.2) is 48.7 Å². The number of methoxy groups -OCH3 is 1. The first-order chi connectivity index (χ1) is 14.8. The van der Waals surface area contributed by atoms with Crippen molar-refractivity contribution < 1.29 is 9.47 Å². The number of para-hydroxylation sites is 1. The van der Waals surface area contributed by atoms with Crippen molar-refractivity contribution in [1.29, 1.82) is 0 Å². The highest BCUT2D eigenvalue weighted by Crippen LogP contribution is 2.35. The summed E-state index contributed by atoms with van der Waals surface area (Å²) in [7, 11) is 1.72. The van der Waals surface area contributed by atoms with Gasteiger partial charge in [0.05, 0.1) is 13.2 Å². The van der Waals surface area contributed by atoms with E-state index in [2.05, 4.69) is 63.9 Å². The van der Waals surface area contributed by atoms with Crippen molar-refractivity contribution in [2.75, 3.05) is 31.6 Å². The molecule has 5 rings (SSSR count). The highest BCUT2D eigenvalue weighted by Gasteiger charge is 2.23. The van der Waals surface area contributed by atoms with Gasteiger partial charge in [0.15, 0.2) is 11.5 Å². The molecule has 2 N–H and O–H groups in total. The number of hydrogen-bond donors (Lipinski definition) is 2. The van der Waals surface area contributed by atoms with Gasteiger partial charge in [0.2, 0.25) is 0 Å². The molecule has 5 heteroatoms. The lowest BCUT2D eigenvalue weighted by molar-refractivity contribution is 0.201. The van der Waals surface area contributed by atoms with E-state index in [1.807, 2.05) is 0 Å². The molecule has 2 aliphatic rings. The molecule has 0 radical (unpaired) electrons. The number of fused-ring (bicyclic) bond motifs is 1. The van der Waals surface area contributed by atoms with Gasteiger partial charge < -0.3 is 24.7 Å². The fourth-order valence-corrected chi connectivity index (χ4v) is 4.90. The molecule has 0 amide bonds. The first-order valence-corrected chi connectivity index (χ1v) is 11.2. The molecule has 1 saturated heterocycles. The number of hydrogen-bond acceptors (Lipinski definition) is 4. The van der Waals surface area contributed by atoms with E-state index in [-0.39, 0.29) is 0 Å². The van der Waals surface area contributed by atoms with Gasteiger partial charge in [0, 0.05) is 54.5 Å². The van der Waals surface area contributed by atoms with Crippen LogP contribution in [0.4, 0.5) is 5.69 Å². The Balaban J connectivity index is 1.31. The van der Waals surface area contributed by atoms with Crippen molar-refractivity contribution in [2.24, 2.45) is 0 Å². The van der Waals surface area contributed by atoms with E-state index in [4.69, 9.17) is 9.47 Å². The molecule has 5 nitrogen and oxygen atoms in total. The molecular weight excluding hydrogens is 374 g/mol. The number of benzene rings is 2. The van der Waals surface area contributed by atoms with Crippen LogP contribution in [0.1, 0.15) is 31.2 Å². The van der Waals surface area contributed by atoms with E-state index in [9.17, 15) is 0 Å². The Hall–Kier alpha value is -2.66. The second-order valence-electron chi connectivity index (χ2n) is 8.52. The van der Waals surface area contributed by atoms with E-state index >= 15 is 0 Å². The summed E-state index contributed by atoms with van der Waals surface area (Å²) in [5.41, 5.74) is 3.81. The van der Waals surface area contributed by atoms with Crippen molar-refractivity contribution in [3.8, 4) is 11.5 Å². The molecular formula is C25H31N3O2. The number of rotatable bonds is 6. The molecule has 1 unspecified atom stereocenters. The fourth-order valence-electron chi connectivity index (χ4n) is 4.90. The molecule has 2 heterocycles. The van der Waals surface area contributed by atoms with Crippen LogP contribution in [0, 0.1) is 0 Å². The maximum atomic E-state index is 6.32. The number of H-pyrrole nitrogens is 1. The van der Waals surface area contributed by atoms with Crippen LogP contribution in [0.5, 0.6) is 11.5 Å². The number of nitrogens with zero attached hydrogens (tertiary/aromatic N) is 1. The van der Waals surface area contributed by atoms with Crippen LogP contribution in [-0.4, -0.2) is 43.9 Å². The third kappa shape index (κ3) is 3.99. The van der Waals surface area contributed by atoms with Gasteiger partial charge in [0.25, 0.3) is 0 Å². The van der Waals surface area contributed by atoms with Crippen LogP contribution in [-0.2, 0) is 6.42 Å². The number of anilines is 1. The lowest BCUT2D eigenvalue weighted by Crippen LogP contribution is -2.51. The number of piperazine rings is 1.